The van der Waals surface area contributed by atoms with E-state index in [9.17, 15) is 4.79 Å². The molecule has 0 saturated heterocycles. The maximum atomic E-state index is 11.8. The van der Waals surface area contributed by atoms with Crippen LogP contribution in [0.5, 0.6) is 0 Å². The van der Waals surface area contributed by atoms with E-state index in [0.29, 0.717) is 10.0 Å². The summed E-state index contributed by atoms with van der Waals surface area (Å²) >= 11 is 12.6. The fraction of sp³-hybridized carbons (Fsp3) is 0.208. The van der Waals surface area contributed by atoms with Gasteiger partial charge in [0.2, 0.25) is 5.91 Å². The van der Waals surface area contributed by atoms with Gasteiger partial charge in [-0.1, -0.05) is 59.6 Å². The first-order valence-electron chi connectivity index (χ1n) is 9.64. The van der Waals surface area contributed by atoms with Gasteiger partial charge in [0.05, 0.1) is 13.0 Å². The normalized spacial score (nSPS) is 15.2. The molecule has 1 amide bonds. The number of aryl methyl sites for hydroxylation is 1. The molecule has 4 rings (SSSR count). The number of nitrogens with one attached hydrogen (secondary N) is 1. The molecule has 1 atom stereocenters. The van der Waals surface area contributed by atoms with E-state index in [2.05, 4.69) is 23.5 Å². The van der Waals surface area contributed by atoms with Crippen molar-refractivity contribution in [3.63, 3.8) is 0 Å². The highest BCUT2D eigenvalue weighted by Gasteiger charge is 2.26. The van der Waals surface area contributed by atoms with Gasteiger partial charge < -0.3 is 10.4 Å². The number of carbonyl (C=O) groups excluding carboxylic acids is 1. The first kappa shape index (κ1) is 20.0. The fourth-order valence-electron chi connectivity index (χ4n) is 3.99. The van der Waals surface area contributed by atoms with E-state index in [0.717, 1.165) is 35.2 Å². The molecule has 5 heteroatoms. The number of amides is 1. The molecule has 148 valence electrons. The largest absolute Gasteiger partial charge is 0.396 e. The molecule has 0 aliphatic heterocycles. The summed E-state index contributed by atoms with van der Waals surface area (Å²) in [4.78, 5) is 11.8. The number of benzene rings is 3. The van der Waals surface area contributed by atoms with Crippen LogP contribution in [-0.2, 0) is 11.2 Å². The van der Waals surface area contributed by atoms with Crippen LogP contribution in [0.3, 0.4) is 0 Å². The number of rotatable bonds is 5. The van der Waals surface area contributed by atoms with E-state index in [1.165, 1.54) is 11.1 Å². The average molecular weight is 426 g/mol. The van der Waals surface area contributed by atoms with Crippen LogP contribution >= 0.6 is 23.2 Å². The predicted molar refractivity (Wildman–Crippen MR) is 119 cm³/mol. The van der Waals surface area contributed by atoms with Crippen molar-refractivity contribution in [1.29, 1.82) is 0 Å². The summed E-state index contributed by atoms with van der Waals surface area (Å²) in [5.74, 6) is 0.0539. The number of aliphatic hydroxyl groups is 1. The lowest BCUT2D eigenvalue weighted by molar-refractivity contribution is -0.116. The molecule has 0 heterocycles. The standard InChI is InChI=1S/C24H21Cl2NO2/c25-18-7-9-21(23(26)14-18)20-8-6-15-4-5-17(13-22(15)20)16-2-1-3-19(12-16)27-24(29)10-11-28/h1-5,7,9,12-14,20,28H,6,8,10-11H2,(H,27,29). The van der Waals surface area contributed by atoms with Gasteiger partial charge in [-0.25, -0.2) is 0 Å². The average Bonchev–Trinajstić information content (AvgIpc) is 3.11. The van der Waals surface area contributed by atoms with E-state index in [1.807, 2.05) is 36.4 Å². The van der Waals surface area contributed by atoms with Gasteiger partial charge in [-0.3, -0.25) is 4.79 Å². The summed E-state index contributed by atoms with van der Waals surface area (Å²) in [7, 11) is 0. The van der Waals surface area contributed by atoms with Gasteiger partial charge in [-0.05, 0) is 64.9 Å². The highest BCUT2D eigenvalue weighted by atomic mass is 35.5. The molecule has 0 saturated carbocycles. The van der Waals surface area contributed by atoms with Gasteiger partial charge in [-0.2, -0.15) is 0 Å². The van der Waals surface area contributed by atoms with E-state index in [1.54, 1.807) is 6.07 Å². The summed E-state index contributed by atoms with van der Waals surface area (Å²) in [6.07, 6.45) is 2.14. The zero-order valence-electron chi connectivity index (χ0n) is 15.8. The number of hydrogen-bond acceptors (Lipinski definition) is 2. The molecule has 3 aromatic rings. The van der Waals surface area contributed by atoms with Crippen molar-refractivity contribution in [1.82, 2.24) is 0 Å². The monoisotopic (exact) mass is 425 g/mol. The third-order valence-electron chi connectivity index (χ3n) is 5.38. The number of carbonyl (C=O) groups is 1. The molecule has 0 fully saturated rings. The third kappa shape index (κ3) is 4.32. The van der Waals surface area contributed by atoms with Crippen molar-refractivity contribution in [2.24, 2.45) is 0 Å². The van der Waals surface area contributed by atoms with Crippen molar-refractivity contribution in [2.45, 2.75) is 25.2 Å². The summed E-state index contributed by atoms with van der Waals surface area (Å²) in [6.45, 7) is -0.162. The number of hydrogen-bond donors (Lipinski definition) is 2. The van der Waals surface area contributed by atoms with Crippen molar-refractivity contribution in [3.8, 4) is 11.1 Å². The lowest BCUT2D eigenvalue weighted by Crippen LogP contribution is -2.12. The molecule has 29 heavy (non-hydrogen) atoms. The van der Waals surface area contributed by atoms with Crippen LogP contribution in [0, 0.1) is 0 Å². The van der Waals surface area contributed by atoms with Gasteiger partial charge in [0.1, 0.15) is 0 Å². The summed E-state index contributed by atoms with van der Waals surface area (Å²) in [6, 6.07) is 20.0. The Labute approximate surface area is 180 Å². The smallest absolute Gasteiger partial charge is 0.226 e. The molecule has 3 nitrogen and oxygen atoms in total. The minimum absolute atomic E-state index is 0.0899. The van der Waals surface area contributed by atoms with Crippen LogP contribution in [-0.4, -0.2) is 17.6 Å². The first-order valence-corrected chi connectivity index (χ1v) is 10.4. The van der Waals surface area contributed by atoms with E-state index in [-0.39, 0.29) is 24.9 Å². The topological polar surface area (TPSA) is 49.3 Å². The lowest BCUT2D eigenvalue weighted by atomic mass is 9.91. The minimum Gasteiger partial charge on any atom is -0.396 e. The summed E-state index contributed by atoms with van der Waals surface area (Å²) in [5.41, 5.74) is 6.59. The van der Waals surface area contributed by atoms with Crippen LogP contribution in [0.1, 0.15) is 35.4 Å². The maximum absolute atomic E-state index is 11.8. The summed E-state index contributed by atoms with van der Waals surface area (Å²) in [5, 5.41) is 13.1. The number of aliphatic hydroxyl groups excluding tert-OH is 1. The Morgan fingerprint density at radius 3 is 2.62 bits per heavy atom. The van der Waals surface area contributed by atoms with Crippen LogP contribution in [0.15, 0.2) is 60.7 Å². The second-order valence-corrected chi connectivity index (χ2v) is 8.12. The Morgan fingerprint density at radius 2 is 1.83 bits per heavy atom. The molecule has 1 aliphatic carbocycles. The van der Waals surface area contributed by atoms with Crippen LogP contribution in [0.4, 0.5) is 5.69 Å². The quantitative estimate of drug-likeness (QED) is 0.521. The first-order chi connectivity index (χ1) is 14.0. The van der Waals surface area contributed by atoms with Crippen molar-refractivity contribution in [3.05, 3.63) is 87.4 Å². The number of fused-ring (bicyclic) bond motifs is 1. The zero-order valence-corrected chi connectivity index (χ0v) is 17.3. The minimum atomic E-state index is -0.198. The number of anilines is 1. The molecule has 1 aliphatic rings. The van der Waals surface area contributed by atoms with Crippen molar-refractivity contribution in [2.75, 3.05) is 11.9 Å². The van der Waals surface area contributed by atoms with Crippen LogP contribution in [0.25, 0.3) is 11.1 Å². The van der Waals surface area contributed by atoms with Crippen LogP contribution < -0.4 is 5.32 Å². The molecule has 0 spiro atoms. The molecule has 0 bridgehead atoms. The second-order valence-electron chi connectivity index (χ2n) is 7.27. The summed E-state index contributed by atoms with van der Waals surface area (Å²) < 4.78 is 0. The van der Waals surface area contributed by atoms with E-state index in [4.69, 9.17) is 28.3 Å². The maximum Gasteiger partial charge on any atom is 0.226 e. The Morgan fingerprint density at radius 1 is 1.00 bits per heavy atom. The Bertz CT molecular complexity index is 1060. The molecular formula is C24H21Cl2NO2. The van der Waals surface area contributed by atoms with Gasteiger partial charge in [0, 0.05) is 21.7 Å². The van der Waals surface area contributed by atoms with Crippen molar-refractivity contribution < 1.29 is 9.90 Å². The lowest BCUT2D eigenvalue weighted by Gasteiger charge is -2.16. The van der Waals surface area contributed by atoms with Crippen LogP contribution in [0.2, 0.25) is 10.0 Å². The Hall–Kier alpha value is -2.33. The SMILES string of the molecule is O=C(CCO)Nc1cccc(-c2ccc3c(c2)C(c2ccc(Cl)cc2Cl)CC3)c1. The molecule has 0 radical (unpaired) electrons. The Kier molecular flexibility index (Phi) is 5.91. The molecular weight excluding hydrogens is 405 g/mol. The third-order valence-corrected chi connectivity index (χ3v) is 5.94. The number of halogens is 2. The molecule has 0 aromatic heterocycles. The predicted octanol–water partition coefficient (Wildman–Crippen LogP) is 6.06. The van der Waals surface area contributed by atoms with E-state index < -0.39 is 0 Å². The van der Waals surface area contributed by atoms with Gasteiger partial charge >= 0.3 is 0 Å². The van der Waals surface area contributed by atoms with Gasteiger partial charge in [0.15, 0.2) is 0 Å². The van der Waals surface area contributed by atoms with Crippen molar-refractivity contribution >= 4 is 34.8 Å². The molecule has 2 N–H and O–H groups in total. The fourth-order valence-corrected chi connectivity index (χ4v) is 4.53. The zero-order chi connectivity index (χ0) is 20.4. The second kappa shape index (κ2) is 8.58. The van der Waals surface area contributed by atoms with Gasteiger partial charge in [-0.15, -0.1) is 0 Å². The molecule has 1 unspecified atom stereocenters. The molecule has 3 aromatic carbocycles. The highest BCUT2D eigenvalue weighted by Crippen LogP contribution is 2.43. The van der Waals surface area contributed by atoms with Gasteiger partial charge in [0.25, 0.3) is 0 Å². The van der Waals surface area contributed by atoms with E-state index >= 15 is 0 Å². The highest BCUT2D eigenvalue weighted by molar-refractivity contribution is 6.35. The Balaban J connectivity index is 1.66.